The molecule has 0 atom stereocenters. The van der Waals surface area contributed by atoms with Gasteiger partial charge in [0.15, 0.2) is 0 Å². The largest absolute Gasteiger partial charge is 0.351 e. The number of carbonyl (C=O) groups excluding carboxylic acids is 1. The molecule has 2 rings (SSSR count). The number of nitrogens with one attached hydrogen (secondary N) is 2. The zero-order chi connectivity index (χ0) is 20.0. The topological polar surface area (TPSA) is 75.3 Å². The summed E-state index contributed by atoms with van der Waals surface area (Å²) in [6.07, 6.45) is 1.08. The highest BCUT2D eigenvalue weighted by Gasteiger charge is 2.10. The Hall–Kier alpha value is -1.41. The van der Waals surface area contributed by atoms with Gasteiger partial charge in [0.2, 0.25) is 10.0 Å². The summed E-state index contributed by atoms with van der Waals surface area (Å²) in [5, 5.41) is 4.12. The van der Waals surface area contributed by atoms with E-state index in [4.69, 9.17) is 23.2 Å². The molecule has 0 saturated carbocycles. The molecule has 0 bridgehead atoms. The maximum absolute atomic E-state index is 12.2. The lowest BCUT2D eigenvalue weighted by atomic mass is 10.1. The Morgan fingerprint density at radius 2 is 1.81 bits per heavy atom. The molecule has 0 heterocycles. The molecule has 0 radical (unpaired) electrons. The van der Waals surface area contributed by atoms with Crippen LogP contribution in [0.5, 0.6) is 0 Å². The van der Waals surface area contributed by atoms with Crippen LogP contribution in [0.3, 0.4) is 0 Å². The minimum Gasteiger partial charge on any atom is -0.351 e. The maximum Gasteiger partial charge on any atom is 0.251 e. The predicted octanol–water partition coefficient (Wildman–Crippen LogP) is 4.34. The van der Waals surface area contributed by atoms with Crippen LogP contribution in [-0.4, -0.2) is 32.9 Å². The molecule has 0 unspecified atom stereocenters. The predicted molar refractivity (Wildman–Crippen MR) is 115 cm³/mol. The number of thioether (sulfide) groups is 1. The monoisotopic (exact) mass is 446 g/mol. The number of carbonyl (C=O) groups is 1. The summed E-state index contributed by atoms with van der Waals surface area (Å²) >= 11 is 13.9. The normalized spacial score (nSPS) is 11.3. The van der Waals surface area contributed by atoms with Crippen LogP contribution in [0.4, 0.5) is 5.69 Å². The third-order valence-electron chi connectivity index (χ3n) is 3.62. The fourth-order valence-electron chi connectivity index (χ4n) is 2.30. The first kappa shape index (κ1) is 21.9. The zero-order valence-corrected chi connectivity index (χ0v) is 18.0. The molecule has 0 saturated heterocycles. The minimum absolute atomic E-state index is 0.208. The van der Waals surface area contributed by atoms with Gasteiger partial charge < -0.3 is 5.32 Å². The van der Waals surface area contributed by atoms with Crippen LogP contribution in [0, 0.1) is 6.92 Å². The molecule has 5 nitrogen and oxygen atoms in total. The summed E-state index contributed by atoms with van der Waals surface area (Å²) in [7, 11) is -3.35. The van der Waals surface area contributed by atoms with Crippen LogP contribution in [0.2, 0.25) is 10.0 Å². The van der Waals surface area contributed by atoms with Gasteiger partial charge in [-0.1, -0.05) is 29.3 Å². The molecule has 1 amide bonds. The van der Waals surface area contributed by atoms with Crippen LogP contribution < -0.4 is 10.0 Å². The number of hydrogen-bond acceptors (Lipinski definition) is 4. The number of aryl methyl sites for hydroxylation is 1. The second kappa shape index (κ2) is 9.68. The molecule has 0 fully saturated rings. The van der Waals surface area contributed by atoms with Gasteiger partial charge in [0.05, 0.1) is 11.9 Å². The average molecular weight is 447 g/mol. The van der Waals surface area contributed by atoms with Gasteiger partial charge >= 0.3 is 0 Å². The van der Waals surface area contributed by atoms with Crippen LogP contribution in [0.15, 0.2) is 36.4 Å². The van der Waals surface area contributed by atoms with Gasteiger partial charge in [0.25, 0.3) is 5.91 Å². The first-order valence-corrected chi connectivity index (χ1v) is 11.8. The van der Waals surface area contributed by atoms with E-state index in [0.29, 0.717) is 44.9 Å². The summed E-state index contributed by atoms with van der Waals surface area (Å²) in [5.74, 6) is 1.17. The Bertz CT molecular complexity index is 914. The summed E-state index contributed by atoms with van der Waals surface area (Å²) in [6.45, 7) is 2.24. The van der Waals surface area contributed by atoms with Crippen molar-refractivity contribution in [2.75, 3.05) is 23.3 Å². The summed E-state index contributed by atoms with van der Waals surface area (Å²) in [6, 6.07) is 10.2. The van der Waals surface area contributed by atoms with Gasteiger partial charge in [-0.25, -0.2) is 8.42 Å². The van der Waals surface area contributed by atoms with E-state index >= 15 is 0 Å². The standard InChI is InChI=1S/C18H20Cl2N2O3S2/c1-12-10-13(6-7-17(12)22-27(2,24)25)18(23)21-8-9-26-11-14-15(19)4-3-5-16(14)20/h3-7,10,22H,8-9,11H2,1-2H3,(H,21,23). The number of hydrogen-bond donors (Lipinski definition) is 2. The average Bonchev–Trinajstić information content (AvgIpc) is 2.57. The van der Waals surface area contributed by atoms with Gasteiger partial charge in [-0.05, 0) is 48.4 Å². The highest BCUT2D eigenvalue weighted by Crippen LogP contribution is 2.28. The molecule has 0 aliphatic heterocycles. The summed E-state index contributed by atoms with van der Waals surface area (Å²) in [5.41, 5.74) is 2.50. The van der Waals surface area contributed by atoms with Gasteiger partial charge in [0.1, 0.15) is 0 Å². The highest BCUT2D eigenvalue weighted by atomic mass is 35.5. The SMILES string of the molecule is Cc1cc(C(=O)NCCSCc2c(Cl)cccc2Cl)ccc1NS(C)(=O)=O. The van der Waals surface area contributed by atoms with Gasteiger partial charge in [-0.15, -0.1) is 0 Å². The fourth-order valence-corrected chi connectivity index (χ4v) is 4.53. The number of rotatable bonds is 8. The van der Waals surface area contributed by atoms with Crippen molar-refractivity contribution in [3.05, 3.63) is 63.1 Å². The van der Waals surface area contributed by atoms with E-state index < -0.39 is 10.0 Å². The smallest absolute Gasteiger partial charge is 0.251 e. The van der Waals surface area contributed by atoms with Gasteiger partial charge in [0, 0.05) is 33.7 Å². The highest BCUT2D eigenvalue weighted by molar-refractivity contribution is 7.98. The quantitative estimate of drug-likeness (QED) is 0.591. The summed E-state index contributed by atoms with van der Waals surface area (Å²) < 4.78 is 25.0. The first-order valence-electron chi connectivity index (χ1n) is 8.04. The van der Waals surface area contributed by atoms with E-state index in [0.717, 1.165) is 11.8 Å². The second-order valence-electron chi connectivity index (χ2n) is 5.91. The molecule has 2 aromatic carbocycles. The second-order valence-corrected chi connectivity index (χ2v) is 9.58. The van der Waals surface area contributed by atoms with Crippen molar-refractivity contribution in [3.63, 3.8) is 0 Å². The lowest BCUT2D eigenvalue weighted by molar-refractivity contribution is 0.0956. The third-order valence-corrected chi connectivity index (χ3v) is 5.91. The molecule has 146 valence electrons. The van der Waals surface area contributed by atoms with Crippen molar-refractivity contribution in [1.29, 1.82) is 0 Å². The maximum atomic E-state index is 12.2. The molecule has 0 aliphatic carbocycles. The number of halogens is 2. The van der Waals surface area contributed by atoms with Crippen molar-refractivity contribution in [2.45, 2.75) is 12.7 Å². The Labute approximate surface area is 173 Å². The molecular formula is C18H20Cl2N2O3S2. The van der Waals surface area contributed by atoms with Crippen molar-refractivity contribution >= 4 is 56.6 Å². The van der Waals surface area contributed by atoms with Crippen LogP contribution in [0.1, 0.15) is 21.5 Å². The third kappa shape index (κ3) is 6.92. The molecule has 2 aromatic rings. The first-order chi connectivity index (χ1) is 12.7. The Morgan fingerprint density at radius 3 is 2.41 bits per heavy atom. The molecule has 2 N–H and O–H groups in total. The van der Waals surface area contributed by atoms with Crippen molar-refractivity contribution < 1.29 is 13.2 Å². The molecule has 9 heteroatoms. The molecule has 0 spiro atoms. The van der Waals surface area contributed by atoms with Crippen molar-refractivity contribution in [3.8, 4) is 0 Å². The van der Waals surface area contributed by atoms with E-state index in [1.807, 2.05) is 0 Å². The van der Waals surface area contributed by atoms with Crippen LogP contribution in [-0.2, 0) is 15.8 Å². The van der Waals surface area contributed by atoms with Crippen LogP contribution >= 0.6 is 35.0 Å². The molecule has 27 heavy (non-hydrogen) atoms. The van der Waals surface area contributed by atoms with E-state index in [9.17, 15) is 13.2 Å². The summed E-state index contributed by atoms with van der Waals surface area (Å²) in [4.78, 5) is 12.2. The van der Waals surface area contributed by atoms with Crippen molar-refractivity contribution in [1.82, 2.24) is 5.32 Å². The van der Waals surface area contributed by atoms with Crippen molar-refractivity contribution in [2.24, 2.45) is 0 Å². The van der Waals surface area contributed by atoms with E-state index in [2.05, 4.69) is 10.0 Å². The fraction of sp³-hybridized carbons (Fsp3) is 0.278. The van der Waals surface area contributed by atoms with E-state index in [1.54, 1.807) is 55.1 Å². The number of benzene rings is 2. The minimum atomic E-state index is -3.35. The van der Waals surface area contributed by atoms with E-state index in [-0.39, 0.29) is 5.91 Å². The zero-order valence-electron chi connectivity index (χ0n) is 14.9. The number of sulfonamides is 1. The van der Waals surface area contributed by atoms with Gasteiger partial charge in [-0.3, -0.25) is 9.52 Å². The molecule has 0 aromatic heterocycles. The number of anilines is 1. The Balaban J connectivity index is 1.83. The Kier molecular flexibility index (Phi) is 7.85. The molecule has 0 aliphatic rings. The van der Waals surface area contributed by atoms with Crippen LogP contribution in [0.25, 0.3) is 0 Å². The lowest BCUT2D eigenvalue weighted by Crippen LogP contribution is -2.26. The Morgan fingerprint density at radius 1 is 1.15 bits per heavy atom. The molecular weight excluding hydrogens is 427 g/mol. The van der Waals surface area contributed by atoms with E-state index in [1.165, 1.54) is 0 Å². The lowest BCUT2D eigenvalue weighted by Gasteiger charge is -2.10. The number of amides is 1. The van der Waals surface area contributed by atoms with Gasteiger partial charge in [-0.2, -0.15) is 11.8 Å².